The van der Waals surface area contributed by atoms with E-state index in [-0.39, 0.29) is 24.3 Å². The lowest BCUT2D eigenvalue weighted by Crippen LogP contribution is -2.35. The number of hydrogen-bond donors (Lipinski definition) is 2. The molecule has 0 aromatic heterocycles. The van der Waals surface area contributed by atoms with Crippen molar-refractivity contribution in [2.45, 2.75) is 12.6 Å². The molecule has 3 rings (SSSR count). The summed E-state index contributed by atoms with van der Waals surface area (Å²) in [7, 11) is 0. The van der Waals surface area contributed by atoms with Crippen LogP contribution in [0.3, 0.4) is 0 Å². The van der Waals surface area contributed by atoms with Gasteiger partial charge in [0, 0.05) is 6.54 Å². The van der Waals surface area contributed by atoms with Crippen LogP contribution in [-0.4, -0.2) is 12.5 Å². The Morgan fingerprint density at radius 1 is 0.808 bits per heavy atom. The normalized spacial score (nSPS) is 10.7. The minimum Gasteiger partial charge on any atom is -0.351 e. The number of carbonyl (C=O) groups excluding carboxylic acids is 1. The average Bonchev–Trinajstić information content (AvgIpc) is 2.69. The van der Waals surface area contributed by atoms with Gasteiger partial charge in [0.1, 0.15) is 5.82 Å². The van der Waals surface area contributed by atoms with E-state index in [1.165, 1.54) is 12.1 Å². The number of rotatable bonds is 7. The van der Waals surface area contributed by atoms with Crippen LogP contribution in [0.5, 0.6) is 0 Å². The molecular formula is C22H21FN2O. The molecule has 0 saturated heterocycles. The highest BCUT2D eigenvalue weighted by atomic mass is 19.1. The van der Waals surface area contributed by atoms with Gasteiger partial charge in [-0.3, -0.25) is 10.1 Å². The van der Waals surface area contributed by atoms with Crippen LogP contribution >= 0.6 is 0 Å². The van der Waals surface area contributed by atoms with Crippen LogP contribution in [0.2, 0.25) is 0 Å². The van der Waals surface area contributed by atoms with Crippen molar-refractivity contribution in [2.24, 2.45) is 0 Å². The number of benzene rings is 3. The molecule has 2 N–H and O–H groups in total. The van der Waals surface area contributed by atoms with E-state index in [0.29, 0.717) is 6.54 Å². The first-order valence-electron chi connectivity index (χ1n) is 8.57. The summed E-state index contributed by atoms with van der Waals surface area (Å²) in [4.78, 5) is 12.2. The zero-order valence-corrected chi connectivity index (χ0v) is 14.4. The minimum atomic E-state index is -0.282. The molecule has 26 heavy (non-hydrogen) atoms. The van der Waals surface area contributed by atoms with Crippen LogP contribution in [0.15, 0.2) is 84.9 Å². The lowest BCUT2D eigenvalue weighted by molar-refractivity contribution is -0.120. The summed E-state index contributed by atoms with van der Waals surface area (Å²) in [5.74, 6) is -0.388. The molecule has 3 aromatic rings. The molecule has 0 aliphatic carbocycles. The van der Waals surface area contributed by atoms with Gasteiger partial charge in [-0.15, -0.1) is 0 Å². The van der Waals surface area contributed by atoms with Gasteiger partial charge < -0.3 is 5.32 Å². The zero-order valence-electron chi connectivity index (χ0n) is 14.4. The monoisotopic (exact) mass is 348 g/mol. The van der Waals surface area contributed by atoms with E-state index in [0.717, 1.165) is 16.7 Å². The van der Waals surface area contributed by atoms with Gasteiger partial charge >= 0.3 is 0 Å². The molecule has 132 valence electrons. The lowest BCUT2D eigenvalue weighted by atomic mass is 9.99. The standard InChI is InChI=1S/C22H21FN2O/c23-20-13-11-17(12-14-20)15-24-21(26)16-25-22(18-7-3-1-4-8-18)19-9-5-2-6-10-19/h1-14,22,25H,15-16H2,(H,24,26). The van der Waals surface area contributed by atoms with Crippen LogP contribution in [0.4, 0.5) is 4.39 Å². The van der Waals surface area contributed by atoms with E-state index in [2.05, 4.69) is 10.6 Å². The van der Waals surface area contributed by atoms with Crippen molar-refractivity contribution in [3.8, 4) is 0 Å². The fourth-order valence-corrected chi connectivity index (χ4v) is 2.78. The molecule has 0 atom stereocenters. The Labute approximate surface area is 152 Å². The van der Waals surface area contributed by atoms with Crippen LogP contribution in [0.1, 0.15) is 22.7 Å². The number of halogens is 1. The van der Waals surface area contributed by atoms with Crippen molar-refractivity contribution in [3.05, 3.63) is 107 Å². The highest BCUT2D eigenvalue weighted by Crippen LogP contribution is 2.21. The largest absolute Gasteiger partial charge is 0.351 e. The summed E-state index contributed by atoms with van der Waals surface area (Å²) in [6.07, 6.45) is 0. The van der Waals surface area contributed by atoms with Gasteiger partial charge in [-0.05, 0) is 28.8 Å². The van der Waals surface area contributed by atoms with Crippen molar-refractivity contribution >= 4 is 5.91 Å². The predicted molar refractivity (Wildman–Crippen MR) is 101 cm³/mol. The molecule has 0 saturated carbocycles. The van der Waals surface area contributed by atoms with E-state index in [1.807, 2.05) is 60.7 Å². The molecule has 4 heteroatoms. The summed E-state index contributed by atoms with van der Waals surface area (Å²) < 4.78 is 12.9. The Bertz CT molecular complexity index is 780. The van der Waals surface area contributed by atoms with Gasteiger partial charge in [0.05, 0.1) is 12.6 Å². The highest BCUT2D eigenvalue weighted by molar-refractivity contribution is 5.78. The van der Waals surface area contributed by atoms with Crippen LogP contribution in [-0.2, 0) is 11.3 Å². The predicted octanol–water partition coefficient (Wildman–Crippen LogP) is 3.82. The number of amides is 1. The molecule has 3 nitrogen and oxygen atoms in total. The third kappa shape index (κ3) is 5.01. The van der Waals surface area contributed by atoms with Crippen LogP contribution in [0.25, 0.3) is 0 Å². The second-order valence-corrected chi connectivity index (χ2v) is 6.04. The van der Waals surface area contributed by atoms with Gasteiger partial charge in [0.2, 0.25) is 5.91 Å². The Kier molecular flexibility index (Phi) is 6.12. The number of carbonyl (C=O) groups is 1. The fourth-order valence-electron chi connectivity index (χ4n) is 2.78. The molecule has 0 radical (unpaired) electrons. The van der Waals surface area contributed by atoms with Crippen LogP contribution < -0.4 is 10.6 Å². The Morgan fingerprint density at radius 2 is 1.35 bits per heavy atom. The maximum Gasteiger partial charge on any atom is 0.234 e. The van der Waals surface area contributed by atoms with Gasteiger partial charge in [-0.2, -0.15) is 0 Å². The molecule has 0 aliphatic rings. The number of hydrogen-bond acceptors (Lipinski definition) is 2. The van der Waals surface area contributed by atoms with Crippen molar-refractivity contribution in [3.63, 3.8) is 0 Å². The molecule has 0 unspecified atom stereocenters. The molecule has 0 aliphatic heterocycles. The molecule has 1 amide bonds. The average molecular weight is 348 g/mol. The molecule has 0 spiro atoms. The van der Waals surface area contributed by atoms with Crippen LogP contribution in [0, 0.1) is 5.82 Å². The molecule has 0 heterocycles. The maximum atomic E-state index is 12.9. The first-order chi connectivity index (χ1) is 12.7. The quantitative estimate of drug-likeness (QED) is 0.681. The lowest BCUT2D eigenvalue weighted by Gasteiger charge is -2.19. The van der Waals surface area contributed by atoms with Gasteiger partial charge in [-0.1, -0.05) is 72.8 Å². The molecular weight excluding hydrogens is 327 g/mol. The first-order valence-corrected chi connectivity index (χ1v) is 8.57. The van der Waals surface area contributed by atoms with E-state index >= 15 is 0 Å². The smallest absolute Gasteiger partial charge is 0.234 e. The van der Waals surface area contributed by atoms with Crippen molar-refractivity contribution in [2.75, 3.05) is 6.54 Å². The Hall–Kier alpha value is -2.98. The molecule has 0 fully saturated rings. The van der Waals surface area contributed by atoms with E-state index in [4.69, 9.17) is 0 Å². The number of nitrogens with one attached hydrogen (secondary N) is 2. The maximum absolute atomic E-state index is 12.9. The Balaban J connectivity index is 1.60. The second kappa shape index (κ2) is 8.92. The Morgan fingerprint density at radius 3 is 1.88 bits per heavy atom. The van der Waals surface area contributed by atoms with Crippen molar-refractivity contribution in [1.29, 1.82) is 0 Å². The third-order valence-corrected chi connectivity index (χ3v) is 4.14. The molecule has 3 aromatic carbocycles. The summed E-state index contributed by atoms with van der Waals surface area (Å²) >= 11 is 0. The fraction of sp³-hybridized carbons (Fsp3) is 0.136. The van der Waals surface area contributed by atoms with Crippen molar-refractivity contribution < 1.29 is 9.18 Å². The minimum absolute atomic E-state index is 0.0611. The molecule has 0 bridgehead atoms. The van der Waals surface area contributed by atoms with Gasteiger partial charge in [0.25, 0.3) is 0 Å². The van der Waals surface area contributed by atoms with E-state index < -0.39 is 0 Å². The first kappa shape index (κ1) is 17.8. The second-order valence-electron chi connectivity index (χ2n) is 6.04. The summed E-state index contributed by atoms with van der Waals surface area (Å²) in [5.41, 5.74) is 3.07. The van der Waals surface area contributed by atoms with Gasteiger partial charge in [-0.25, -0.2) is 4.39 Å². The highest BCUT2D eigenvalue weighted by Gasteiger charge is 2.14. The zero-order chi connectivity index (χ0) is 18.2. The van der Waals surface area contributed by atoms with E-state index in [9.17, 15) is 9.18 Å². The summed E-state index contributed by atoms with van der Waals surface area (Å²) in [5, 5.41) is 6.18. The van der Waals surface area contributed by atoms with Crippen molar-refractivity contribution in [1.82, 2.24) is 10.6 Å². The van der Waals surface area contributed by atoms with E-state index in [1.54, 1.807) is 12.1 Å². The SMILES string of the molecule is O=C(CNC(c1ccccc1)c1ccccc1)NCc1ccc(F)cc1. The third-order valence-electron chi connectivity index (χ3n) is 4.14. The topological polar surface area (TPSA) is 41.1 Å². The van der Waals surface area contributed by atoms with Gasteiger partial charge in [0.15, 0.2) is 0 Å². The summed E-state index contributed by atoms with van der Waals surface area (Å²) in [6, 6.07) is 26.1. The summed E-state index contributed by atoms with van der Waals surface area (Å²) in [6.45, 7) is 0.567.